The first kappa shape index (κ1) is 8.74. The van der Waals surface area contributed by atoms with Gasteiger partial charge in [-0.05, 0) is 17.7 Å². The van der Waals surface area contributed by atoms with Crippen LogP contribution in [0.4, 0.5) is 5.69 Å². The molecule has 1 aromatic carbocycles. The summed E-state index contributed by atoms with van der Waals surface area (Å²) in [5.74, 6) is 0. The van der Waals surface area contributed by atoms with Gasteiger partial charge in [0.05, 0.1) is 5.52 Å². The van der Waals surface area contributed by atoms with Crippen LogP contribution in [-0.2, 0) is 0 Å². The second-order valence-electron chi connectivity index (χ2n) is 2.56. The topological polar surface area (TPSA) is 74.5 Å². The van der Waals surface area contributed by atoms with Gasteiger partial charge in [-0.1, -0.05) is 22.8 Å². The highest BCUT2D eigenvalue weighted by Crippen LogP contribution is 2.24. The largest absolute Gasteiger partial charge is 0.236 e. The van der Waals surface area contributed by atoms with Crippen molar-refractivity contribution in [1.82, 2.24) is 9.97 Å². The maximum absolute atomic E-state index is 8.26. The average Bonchev–Trinajstić information content (AvgIpc) is 2.20. The SMILES string of the molecule is [N-]=[N+]=Nc1ccc2ncnc(Cl)c2c1. The second-order valence-corrected chi connectivity index (χ2v) is 2.91. The molecular formula is C8H4ClN5. The summed E-state index contributed by atoms with van der Waals surface area (Å²) in [7, 11) is 0. The number of nitrogens with zero attached hydrogens (tertiary/aromatic N) is 5. The second kappa shape index (κ2) is 3.49. The lowest BCUT2D eigenvalue weighted by molar-refractivity contribution is 1.22. The van der Waals surface area contributed by atoms with Crippen LogP contribution in [0.1, 0.15) is 0 Å². The molecule has 1 heterocycles. The molecule has 0 aliphatic heterocycles. The summed E-state index contributed by atoms with van der Waals surface area (Å²) in [6.07, 6.45) is 1.39. The molecule has 0 saturated carbocycles. The van der Waals surface area contributed by atoms with Crippen LogP contribution in [0, 0.1) is 0 Å². The van der Waals surface area contributed by atoms with Gasteiger partial charge in [0, 0.05) is 16.0 Å². The van der Waals surface area contributed by atoms with Gasteiger partial charge in [0.2, 0.25) is 0 Å². The summed E-state index contributed by atoms with van der Waals surface area (Å²) in [5.41, 5.74) is 9.48. The van der Waals surface area contributed by atoms with Crippen LogP contribution in [0.5, 0.6) is 0 Å². The predicted molar refractivity (Wildman–Crippen MR) is 53.4 cm³/mol. The lowest BCUT2D eigenvalue weighted by atomic mass is 10.2. The number of halogens is 1. The van der Waals surface area contributed by atoms with Crippen LogP contribution in [-0.4, -0.2) is 9.97 Å². The Morgan fingerprint density at radius 1 is 1.36 bits per heavy atom. The molecule has 0 aliphatic carbocycles. The fraction of sp³-hybridized carbons (Fsp3) is 0. The Balaban J connectivity index is 2.75. The van der Waals surface area contributed by atoms with Gasteiger partial charge in [0.25, 0.3) is 0 Å². The van der Waals surface area contributed by atoms with E-state index < -0.39 is 0 Å². The highest BCUT2D eigenvalue weighted by atomic mass is 35.5. The van der Waals surface area contributed by atoms with Crippen molar-refractivity contribution < 1.29 is 0 Å². The number of aromatic nitrogens is 2. The van der Waals surface area contributed by atoms with Crippen molar-refractivity contribution in [3.63, 3.8) is 0 Å². The molecule has 0 saturated heterocycles. The van der Waals surface area contributed by atoms with Gasteiger partial charge in [-0.2, -0.15) is 0 Å². The van der Waals surface area contributed by atoms with Crippen LogP contribution in [0.15, 0.2) is 29.6 Å². The van der Waals surface area contributed by atoms with Gasteiger partial charge in [-0.3, -0.25) is 0 Å². The van der Waals surface area contributed by atoms with E-state index in [-0.39, 0.29) is 0 Å². The molecule has 2 aromatic rings. The summed E-state index contributed by atoms with van der Waals surface area (Å²) < 4.78 is 0. The first-order valence-electron chi connectivity index (χ1n) is 3.76. The summed E-state index contributed by atoms with van der Waals surface area (Å²) in [6, 6.07) is 5.05. The Kier molecular flexibility index (Phi) is 2.18. The zero-order valence-electron chi connectivity index (χ0n) is 6.92. The number of benzene rings is 1. The zero-order chi connectivity index (χ0) is 9.97. The van der Waals surface area contributed by atoms with E-state index >= 15 is 0 Å². The molecule has 0 bridgehead atoms. The predicted octanol–water partition coefficient (Wildman–Crippen LogP) is 3.23. The number of azide groups is 1. The normalized spacial score (nSPS) is 9.79. The van der Waals surface area contributed by atoms with E-state index in [0.717, 1.165) is 5.52 Å². The molecule has 0 aliphatic rings. The quantitative estimate of drug-likeness (QED) is 0.310. The van der Waals surface area contributed by atoms with Gasteiger partial charge >= 0.3 is 0 Å². The third kappa shape index (κ3) is 1.46. The van der Waals surface area contributed by atoms with Crippen molar-refractivity contribution in [3.05, 3.63) is 40.1 Å². The summed E-state index contributed by atoms with van der Waals surface area (Å²) in [5, 5.41) is 4.50. The van der Waals surface area contributed by atoms with E-state index in [1.807, 2.05) is 0 Å². The Hall–Kier alpha value is -1.84. The van der Waals surface area contributed by atoms with Gasteiger partial charge in [-0.25, -0.2) is 9.97 Å². The minimum Gasteiger partial charge on any atom is -0.236 e. The van der Waals surface area contributed by atoms with E-state index in [1.54, 1.807) is 18.2 Å². The van der Waals surface area contributed by atoms with Crippen molar-refractivity contribution >= 4 is 28.2 Å². The van der Waals surface area contributed by atoms with E-state index in [4.69, 9.17) is 17.1 Å². The maximum atomic E-state index is 8.26. The Bertz CT molecular complexity index is 532. The molecule has 0 spiro atoms. The van der Waals surface area contributed by atoms with E-state index in [1.165, 1.54) is 6.33 Å². The third-order valence-electron chi connectivity index (χ3n) is 1.73. The smallest absolute Gasteiger partial charge is 0.140 e. The summed E-state index contributed by atoms with van der Waals surface area (Å²) in [6.45, 7) is 0. The fourth-order valence-electron chi connectivity index (χ4n) is 1.13. The van der Waals surface area contributed by atoms with Gasteiger partial charge in [0.15, 0.2) is 0 Å². The highest BCUT2D eigenvalue weighted by Gasteiger charge is 2.00. The first-order valence-corrected chi connectivity index (χ1v) is 4.14. The van der Waals surface area contributed by atoms with Crippen molar-refractivity contribution in [2.45, 2.75) is 0 Å². The van der Waals surface area contributed by atoms with Crippen molar-refractivity contribution in [3.8, 4) is 0 Å². The molecule has 0 N–H and O–H groups in total. The molecule has 1 aromatic heterocycles. The lowest BCUT2D eigenvalue weighted by Gasteiger charge is -1.98. The molecular weight excluding hydrogens is 202 g/mol. The van der Waals surface area contributed by atoms with Gasteiger partial charge in [0.1, 0.15) is 11.5 Å². The summed E-state index contributed by atoms with van der Waals surface area (Å²) >= 11 is 5.84. The Labute approximate surface area is 84.0 Å². The van der Waals surface area contributed by atoms with Crippen molar-refractivity contribution in [1.29, 1.82) is 0 Å². The first-order chi connectivity index (χ1) is 6.81. The molecule has 0 unspecified atom stereocenters. The standard InChI is InChI=1S/C8H4ClN5/c9-8-6-3-5(13-14-10)1-2-7(6)11-4-12-8/h1-4H. The van der Waals surface area contributed by atoms with E-state index in [0.29, 0.717) is 16.2 Å². The molecule has 0 atom stereocenters. The monoisotopic (exact) mass is 205 g/mol. The average molecular weight is 206 g/mol. The van der Waals surface area contributed by atoms with Gasteiger partial charge < -0.3 is 0 Å². The number of fused-ring (bicyclic) bond motifs is 1. The molecule has 5 nitrogen and oxygen atoms in total. The number of hydrogen-bond acceptors (Lipinski definition) is 3. The third-order valence-corrected chi connectivity index (χ3v) is 2.03. The van der Waals surface area contributed by atoms with Crippen molar-refractivity contribution in [2.75, 3.05) is 0 Å². The highest BCUT2D eigenvalue weighted by molar-refractivity contribution is 6.34. The van der Waals surface area contributed by atoms with Crippen LogP contribution >= 0.6 is 11.6 Å². The molecule has 2 rings (SSSR count). The van der Waals surface area contributed by atoms with Crippen molar-refractivity contribution in [2.24, 2.45) is 5.11 Å². The fourth-order valence-corrected chi connectivity index (χ4v) is 1.32. The molecule has 6 heteroatoms. The van der Waals surface area contributed by atoms with Crippen LogP contribution in [0.25, 0.3) is 21.3 Å². The molecule has 0 amide bonds. The van der Waals surface area contributed by atoms with Crippen LogP contribution in [0.3, 0.4) is 0 Å². The minimum absolute atomic E-state index is 0.352. The molecule has 0 fully saturated rings. The number of rotatable bonds is 1. The Morgan fingerprint density at radius 3 is 3.00 bits per heavy atom. The Morgan fingerprint density at radius 2 is 2.21 bits per heavy atom. The lowest BCUT2D eigenvalue weighted by Crippen LogP contribution is -1.82. The van der Waals surface area contributed by atoms with Crippen LogP contribution in [0.2, 0.25) is 5.15 Å². The minimum atomic E-state index is 0.352. The molecule has 14 heavy (non-hydrogen) atoms. The van der Waals surface area contributed by atoms with E-state index in [2.05, 4.69) is 20.0 Å². The van der Waals surface area contributed by atoms with Gasteiger partial charge in [-0.15, -0.1) is 0 Å². The van der Waals surface area contributed by atoms with Crippen LogP contribution < -0.4 is 0 Å². The number of hydrogen-bond donors (Lipinski definition) is 0. The molecule has 0 radical (unpaired) electrons. The van der Waals surface area contributed by atoms with E-state index in [9.17, 15) is 0 Å². The summed E-state index contributed by atoms with van der Waals surface area (Å²) in [4.78, 5) is 10.5. The maximum Gasteiger partial charge on any atom is 0.140 e. The molecule has 68 valence electrons. The zero-order valence-corrected chi connectivity index (χ0v) is 7.68.